The molecule has 5 heteroatoms. The van der Waals surface area contributed by atoms with Crippen LogP contribution in [0.5, 0.6) is 5.75 Å². The molecule has 1 aromatic rings. The van der Waals surface area contributed by atoms with Gasteiger partial charge < -0.3 is 9.47 Å². The number of hydrogen-bond acceptors (Lipinski definition) is 5. The maximum atomic E-state index is 12.9. The molecule has 0 amide bonds. The third-order valence-corrected chi connectivity index (χ3v) is 4.89. The predicted molar refractivity (Wildman–Crippen MR) is 99.4 cm³/mol. The molecule has 3 rings (SSSR count). The van der Waals surface area contributed by atoms with E-state index in [-0.39, 0.29) is 23.8 Å². The van der Waals surface area contributed by atoms with E-state index >= 15 is 0 Å². The third kappa shape index (κ3) is 3.43. The number of allylic oxidation sites excluding steroid dienone is 2. The second kappa shape index (κ2) is 7.44. The summed E-state index contributed by atoms with van der Waals surface area (Å²) >= 11 is 0. The first-order chi connectivity index (χ1) is 12.4. The Kier molecular flexibility index (Phi) is 5.25. The number of esters is 1. The number of Topliss-reactive ketones (excluding diaryl/α,β-unsaturated/α-hetero) is 1. The standard InChI is InChI=1S/C21H25NO4/c1-12(2)26-21(24)18-13(3)22-16-9-6-10-17(23)20(16)19(18)14-7-5-8-15(11-14)25-4/h5,7-8,11-12,18-19H,6,9-10H2,1-4H3/t18?,19-/m1/s1. The van der Waals surface area contributed by atoms with Crippen LogP contribution in [0, 0.1) is 5.92 Å². The van der Waals surface area contributed by atoms with E-state index in [0.29, 0.717) is 23.5 Å². The lowest BCUT2D eigenvalue weighted by Crippen LogP contribution is -2.38. The zero-order chi connectivity index (χ0) is 18.8. The number of ether oxygens (including phenoxy) is 2. The quantitative estimate of drug-likeness (QED) is 0.770. The minimum absolute atomic E-state index is 0.0812. The molecule has 2 aliphatic rings. The van der Waals surface area contributed by atoms with Crippen molar-refractivity contribution >= 4 is 17.5 Å². The Balaban J connectivity index is 2.13. The summed E-state index contributed by atoms with van der Waals surface area (Å²) in [5.41, 5.74) is 3.07. The van der Waals surface area contributed by atoms with Crippen molar-refractivity contribution in [2.24, 2.45) is 10.9 Å². The van der Waals surface area contributed by atoms with Crippen LogP contribution in [0.25, 0.3) is 0 Å². The molecule has 1 aliphatic heterocycles. The fourth-order valence-corrected chi connectivity index (χ4v) is 3.81. The van der Waals surface area contributed by atoms with Crippen molar-refractivity contribution in [3.8, 4) is 5.75 Å². The fourth-order valence-electron chi connectivity index (χ4n) is 3.81. The van der Waals surface area contributed by atoms with E-state index < -0.39 is 5.92 Å². The summed E-state index contributed by atoms with van der Waals surface area (Å²) in [7, 11) is 1.60. The van der Waals surface area contributed by atoms with E-state index in [4.69, 9.17) is 9.47 Å². The van der Waals surface area contributed by atoms with Gasteiger partial charge in [0, 0.05) is 29.3 Å². The van der Waals surface area contributed by atoms with Crippen LogP contribution >= 0.6 is 0 Å². The fraction of sp³-hybridized carbons (Fsp3) is 0.476. The van der Waals surface area contributed by atoms with Crippen molar-refractivity contribution in [2.45, 2.75) is 52.1 Å². The smallest absolute Gasteiger partial charge is 0.315 e. The van der Waals surface area contributed by atoms with Gasteiger partial charge in [-0.1, -0.05) is 12.1 Å². The Morgan fingerprint density at radius 1 is 1.27 bits per heavy atom. The van der Waals surface area contributed by atoms with Gasteiger partial charge in [-0.05, 0) is 51.3 Å². The molecule has 0 bridgehead atoms. The van der Waals surface area contributed by atoms with Gasteiger partial charge in [0.25, 0.3) is 0 Å². The van der Waals surface area contributed by atoms with Gasteiger partial charge in [-0.2, -0.15) is 0 Å². The number of rotatable bonds is 4. The maximum absolute atomic E-state index is 12.9. The molecule has 5 nitrogen and oxygen atoms in total. The molecule has 1 unspecified atom stereocenters. The lowest BCUT2D eigenvalue weighted by molar-refractivity contribution is -0.150. The number of nitrogens with zero attached hydrogens (tertiary/aromatic N) is 1. The van der Waals surface area contributed by atoms with Gasteiger partial charge >= 0.3 is 5.97 Å². The first-order valence-corrected chi connectivity index (χ1v) is 9.08. The van der Waals surface area contributed by atoms with Crippen LogP contribution in [0.4, 0.5) is 0 Å². The zero-order valence-electron chi connectivity index (χ0n) is 15.7. The van der Waals surface area contributed by atoms with Gasteiger partial charge in [0.1, 0.15) is 11.7 Å². The summed E-state index contributed by atoms with van der Waals surface area (Å²) in [5, 5.41) is 0. The molecular weight excluding hydrogens is 330 g/mol. The van der Waals surface area contributed by atoms with Crippen LogP contribution in [0.15, 0.2) is 40.5 Å². The average Bonchev–Trinajstić information content (AvgIpc) is 2.60. The van der Waals surface area contributed by atoms with Crippen molar-refractivity contribution in [2.75, 3.05) is 7.11 Å². The molecule has 138 valence electrons. The van der Waals surface area contributed by atoms with Crippen molar-refractivity contribution in [1.82, 2.24) is 0 Å². The van der Waals surface area contributed by atoms with E-state index in [0.717, 1.165) is 24.1 Å². The Bertz CT molecular complexity index is 791. The van der Waals surface area contributed by atoms with E-state index in [1.165, 1.54) is 0 Å². The highest BCUT2D eigenvalue weighted by Gasteiger charge is 2.43. The summed E-state index contributed by atoms with van der Waals surface area (Å²) in [4.78, 5) is 30.2. The molecule has 0 aromatic heterocycles. The SMILES string of the molecule is COc1cccc([C@H]2C3=C(CCCC3=O)N=C(C)C2C(=O)OC(C)C)c1. The van der Waals surface area contributed by atoms with Gasteiger partial charge in [0.2, 0.25) is 0 Å². The highest BCUT2D eigenvalue weighted by molar-refractivity contribution is 6.08. The Morgan fingerprint density at radius 2 is 2.04 bits per heavy atom. The molecule has 1 aromatic carbocycles. The average molecular weight is 355 g/mol. The summed E-state index contributed by atoms with van der Waals surface area (Å²) < 4.78 is 10.8. The Hall–Kier alpha value is -2.43. The minimum atomic E-state index is -0.592. The topological polar surface area (TPSA) is 65.0 Å². The first-order valence-electron chi connectivity index (χ1n) is 9.08. The summed E-state index contributed by atoms with van der Waals surface area (Å²) in [5.74, 6) is -0.525. The van der Waals surface area contributed by atoms with Crippen molar-refractivity contribution in [3.05, 3.63) is 41.1 Å². The normalized spacial score (nSPS) is 22.8. The molecule has 0 fully saturated rings. The van der Waals surface area contributed by atoms with Gasteiger partial charge in [0.05, 0.1) is 13.2 Å². The lowest BCUT2D eigenvalue weighted by Gasteiger charge is -2.34. The second-order valence-corrected chi connectivity index (χ2v) is 7.11. The molecule has 0 radical (unpaired) electrons. The van der Waals surface area contributed by atoms with Crippen molar-refractivity contribution < 1.29 is 19.1 Å². The predicted octanol–water partition coefficient (Wildman–Crippen LogP) is 3.83. The monoisotopic (exact) mass is 355 g/mol. The number of ketones is 1. The first kappa shape index (κ1) is 18.4. The van der Waals surface area contributed by atoms with E-state index in [1.807, 2.05) is 45.0 Å². The zero-order valence-corrected chi connectivity index (χ0v) is 15.7. The molecule has 26 heavy (non-hydrogen) atoms. The number of benzene rings is 1. The molecule has 0 spiro atoms. The van der Waals surface area contributed by atoms with Crippen LogP contribution in [0.2, 0.25) is 0 Å². The Morgan fingerprint density at radius 3 is 2.73 bits per heavy atom. The summed E-state index contributed by atoms with van der Waals surface area (Å²) in [6, 6.07) is 7.57. The van der Waals surface area contributed by atoms with Crippen molar-refractivity contribution in [3.63, 3.8) is 0 Å². The summed E-state index contributed by atoms with van der Waals surface area (Å²) in [6.07, 6.45) is 1.85. The minimum Gasteiger partial charge on any atom is -0.497 e. The number of carbonyl (C=O) groups is 2. The van der Waals surface area contributed by atoms with Gasteiger partial charge in [0.15, 0.2) is 5.78 Å². The van der Waals surface area contributed by atoms with Crippen molar-refractivity contribution in [1.29, 1.82) is 0 Å². The van der Waals surface area contributed by atoms with Gasteiger partial charge in [-0.15, -0.1) is 0 Å². The lowest BCUT2D eigenvalue weighted by atomic mass is 9.71. The van der Waals surface area contributed by atoms with Gasteiger partial charge in [-0.3, -0.25) is 14.6 Å². The number of aliphatic imine (C=N–C) groups is 1. The van der Waals surface area contributed by atoms with Crippen LogP contribution in [0.3, 0.4) is 0 Å². The molecule has 0 saturated heterocycles. The highest BCUT2D eigenvalue weighted by Crippen LogP contribution is 2.44. The third-order valence-electron chi connectivity index (χ3n) is 4.89. The maximum Gasteiger partial charge on any atom is 0.315 e. The molecule has 0 saturated carbocycles. The number of methoxy groups -OCH3 is 1. The van der Waals surface area contributed by atoms with Crippen LogP contribution in [-0.2, 0) is 14.3 Å². The van der Waals surface area contributed by atoms with Gasteiger partial charge in [-0.25, -0.2) is 0 Å². The van der Waals surface area contributed by atoms with E-state index in [2.05, 4.69) is 4.99 Å². The molecule has 1 heterocycles. The molecule has 1 aliphatic carbocycles. The molecular formula is C21H25NO4. The summed E-state index contributed by atoms with van der Waals surface area (Å²) in [6.45, 7) is 5.50. The van der Waals surface area contributed by atoms with Crippen LogP contribution < -0.4 is 4.74 Å². The molecule has 2 atom stereocenters. The highest BCUT2D eigenvalue weighted by atomic mass is 16.5. The van der Waals surface area contributed by atoms with Crippen LogP contribution in [-0.4, -0.2) is 30.7 Å². The van der Waals surface area contributed by atoms with E-state index in [1.54, 1.807) is 7.11 Å². The largest absolute Gasteiger partial charge is 0.497 e. The second-order valence-electron chi connectivity index (χ2n) is 7.11. The molecule has 0 N–H and O–H groups in total. The number of hydrogen-bond donors (Lipinski definition) is 0. The Labute approximate surface area is 154 Å². The number of carbonyl (C=O) groups excluding carboxylic acids is 2. The van der Waals surface area contributed by atoms with E-state index in [9.17, 15) is 9.59 Å². The van der Waals surface area contributed by atoms with Crippen LogP contribution in [0.1, 0.15) is 51.5 Å².